The van der Waals surface area contributed by atoms with E-state index in [9.17, 15) is 24.3 Å². The highest BCUT2D eigenvalue weighted by Gasteiger charge is 2.39. The van der Waals surface area contributed by atoms with E-state index in [1.165, 1.54) is 18.3 Å². The van der Waals surface area contributed by atoms with Gasteiger partial charge in [-0.15, -0.1) is 16.4 Å². The molecule has 0 aliphatic carbocycles. The van der Waals surface area contributed by atoms with Crippen molar-refractivity contribution in [3.8, 4) is 0 Å². The number of hydrogen-bond donors (Lipinski definition) is 3. The van der Waals surface area contributed by atoms with Crippen molar-refractivity contribution in [2.24, 2.45) is 24.3 Å². The molecule has 62 heavy (non-hydrogen) atoms. The first-order chi connectivity index (χ1) is 29.3. The van der Waals surface area contributed by atoms with Gasteiger partial charge in [0.2, 0.25) is 11.8 Å². The van der Waals surface area contributed by atoms with E-state index in [4.69, 9.17) is 9.72 Å². The van der Waals surface area contributed by atoms with Crippen molar-refractivity contribution in [2.45, 2.75) is 150 Å². The Balaban J connectivity index is 1.63. The molecule has 1 aromatic carbocycles. The third-order valence-corrected chi connectivity index (χ3v) is 13.0. The molecule has 342 valence electrons. The molecular formula is C46H70N8O7S. The van der Waals surface area contributed by atoms with Crippen LogP contribution < -0.4 is 10.6 Å². The molecule has 16 heteroatoms. The zero-order valence-corrected chi connectivity index (χ0v) is 39.3. The van der Waals surface area contributed by atoms with Gasteiger partial charge in [-0.1, -0.05) is 75.6 Å². The number of nitrogens with zero attached hydrogens (tertiary/aromatic N) is 6. The standard InChI is InChI=1S/C46H70N8O7S/c1-11-31(5)40(49-42(57)37-17-13-14-22-52(37)9)44(58)54(23-15-12-16-34-27-53(10)51-50-34)38(29(2)3)25-39(61-32(6)55)43-48-36(28-62-43)41(56)47-35(26-46(7,8)45(59)60)24-33-20-18-30(4)19-21-33/h18-21,27-29,31,35,37-40H,11-17,22-26H2,1-10H3,(H,47,56)(H,49,57)(H,59,60)/t31-,35-,37+,38+,39+,40-/m0/s1. The lowest BCUT2D eigenvalue weighted by molar-refractivity contribution is -0.150. The molecule has 1 fully saturated rings. The van der Waals surface area contributed by atoms with Crippen LogP contribution in [-0.4, -0.2) is 109 Å². The van der Waals surface area contributed by atoms with E-state index >= 15 is 4.79 Å². The van der Waals surface area contributed by atoms with Gasteiger partial charge in [0.25, 0.3) is 5.91 Å². The SMILES string of the molecule is CC[C@H](C)[C@H](NC(=O)[C@H]1CCCCN1C)C(=O)N(CCCCc1cn(C)nn1)[C@H](C[C@@H](OC(C)=O)c1nc(C(=O)N[C@@H](Cc2ccc(C)cc2)CC(C)(C)C(=O)O)cs1)C(C)C. The zero-order valence-electron chi connectivity index (χ0n) is 38.5. The highest BCUT2D eigenvalue weighted by atomic mass is 32.1. The predicted molar refractivity (Wildman–Crippen MR) is 239 cm³/mol. The van der Waals surface area contributed by atoms with Crippen molar-refractivity contribution >= 4 is 41.0 Å². The van der Waals surface area contributed by atoms with E-state index in [1.807, 2.05) is 84.1 Å². The molecule has 0 saturated carbocycles. The minimum atomic E-state index is -1.11. The second kappa shape index (κ2) is 23.1. The maximum Gasteiger partial charge on any atom is 0.309 e. The van der Waals surface area contributed by atoms with Crippen LogP contribution in [0.5, 0.6) is 0 Å². The first kappa shape index (κ1) is 50.0. The fraction of sp³-hybridized carbons (Fsp3) is 0.652. The van der Waals surface area contributed by atoms with Crippen LogP contribution in [0.15, 0.2) is 35.8 Å². The van der Waals surface area contributed by atoms with Crippen molar-refractivity contribution in [2.75, 3.05) is 20.1 Å². The summed E-state index contributed by atoms with van der Waals surface area (Å²) in [4.78, 5) is 76.2. The number of hydrogen-bond acceptors (Lipinski definition) is 11. The monoisotopic (exact) mass is 879 g/mol. The maximum absolute atomic E-state index is 15.0. The lowest BCUT2D eigenvalue weighted by Crippen LogP contribution is -2.59. The average Bonchev–Trinajstić information content (AvgIpc) is 3.88. The molecule has 0 radical (unpaired) electrons. The van der Waals surface area contributed by atoms with Gasteiger partial charge in [0.15, 0.2) is 6.10 Å². The summed E-state index contributed by atoms with van der Waals surface area (Å²) in [6, 6.07) is 5.87. The molecule has 6 atom stereocenters. The van der Waals surface area contributed by atoms with E-state index in [-0.39, 0.29) is 48.2 Å². The average molecular weight is 879 g/mol. The Kier molecular flexibility index (Phi) is 18.6. The van der Waals surface area contributed by atoms with Crippen LogP contribution in [0.25, 0.3) is 0 Å². The number of esters is 1. The Morgan fingerprint density at radius 1 is 1.05 bits per heavy atom. The van der Waals surface area contributed by atoms with Crippen LogP contribution in [0.2, 0.25) is 0 Å². The lowest BCUT2D eigenvalue weighted by atomic mass is 9.84. The van der Waals surface area contributed by atoms with Gasteiger partial charge < -0.3 is 25.4 Å². The Labute approximate surface area is 371 Å². The zero-order chi connectivity index (χ0) is 45.7. The number of likely N-dealkylation sites (N-methyl/N-ethyl adjacent to an activating group) is 1. The second-order valence-corrected chi connectivity index (χ2v) is 19.1. The summed E-state index contributed by atoms with van der Waals surface area (Å²) in [5.41, 5.74) is 1.92. The van der Waals surface area contributed by atoms with Crippen molar-refractivity contribution in [3.63, 3.8) is 0 Å². The van der Waals surface area contributed by atoms with Gasteiger partial charge in [0.05, 0.1) is 17.2 Å². The third-order valence-electron chi connectivity index (χ3n) is 12.1. The molecule has 2 aromatic heterocycles. The molecule has 1 aliphatic rings. The van der Waals surface area contributed by atoms with Crippen LogP contribution in [0.3, 0.4) is 0 Å². The molecule has 0 unspecified atom stereocenters. The minimum absolute atomic E-state index is 0.0994. The van der Waals surface area contributed by atoms with Crippen LogP contribution in [0.4, 0.5) is 0 Å². The lowest BCUT2D eigenvalue weighted by Gasteiger charge is -2.40. The second-order valence-electron chi connectivity index (χ2n) is 18.2. The summed E-state index contributed by atoms with van der Waals surface area (Å²) in [7, 11) is 3.77. The number of carboxylic acids is 1. The van der Waals surface area contributed by atoms with E-state index < -0.39 is 47.5 Å². The molecule has 4 rings (SSSR count). The number of likely N-dealkylation sites (tertiary alicyclic amines) is 1. The van der Waals surface area contributed by atoms with Crippen molar-refractivity contribution in [1.29, 1.82) is 0 Å². The first-order valence-electron chi connectivity index (χ1n) is 22.2. The van der Waals surface area contributed by atoms with Crippen LogP contribution in [-0.2, 0) is 43.8 Å². The normalized spacial score (nSPS) is 17.1. The number of aliphatic carboxylic acids is 1. The van der Waals surface area contributed by atoms with E-state index in [1.54, 1.807) is 23.9 Å². The Bertz CT molecular complexity index is 1950. The third kappa shape index (κ3) is 14.4. The molecule has 1 aliphatic heterocycles. The highest BCUT2D eigenvalue weighted by Crippen LogP contribution is 2.32. The maximum atomic E-state index is 15.0. The van der Waals surface area contributed by atoms with Crippen LogP contribution >= 0.6 is 11.3 Å². The first-order valence-corrected chi connectivity index (χ1v) is 23.1. The molecule has 3 aromatic rings. The number of amides is 3. The molecule has 0 bridgehead atoms. The van der Waals surface area contributed by atoms with Gasteiger partial charge >= 0.3 is 11.9 Å². The topological polar surface area (TPSA) is 189 Å². The minimum Gasteiger partial charge on any atom is -0.481 e. The molecule has 3 N–H and O–H groups in total. The number of benzene rings is 1. The highest BCUT2D eigenvalue weighted by molar-refractivity contribution is 7.09. The number of unbranched alkanes of at least 4 members (excludes halogenated alkanes) is 1. The number of rotatable bonds is 23. The molecule has 3 heterocycles. The summed E-state index contributed by atoms with van der Waals surface area (Å²) >= 11 is 1.19. The number of aromatic nitrogens is 4. The number of ether oxygens (including phenoxy) is 1. The van der Waals surface area contributed by atoms with Crippen LogP contribution in [0, 0.1) is 24.2 Å². The van der Waals surface area contributed by atoms with Crippen molar-refractivity contribution in [1.82, 2.24) is 40.4 Å². The Morgan fingerprint density at radius 3 is 2.35 bits per heavy atom. The summed E-state index contributed by atoms with van der Waals surface area (Å²) in [6.07, 6.45) is 7.26. The van der Waals surface area contributed by atoms with Crippen molar-refractivity contribution < 1.29 is 33.8 Å². The fourth-order valence-electron chi connectivity index (χ4n) is 8.12. The quantitative estimate of drug-likeness (QED) is 0.0716. The predicted octanol–water partition coefficient (Wildman–Crippen LogP) is 6.31. The van der Waals surface area contributed by atoms with E-state index in [0.29, 0.717) is 37.2 Å². The number of piperidine rings is 1. The van der Waals surface area contributed by atoms with Crippen molar-refractivity contribution in [3.05, 3.63) is 63.4 Å². The van der Waals surface area contributed by atoms with Gasteiger partial charge in [-0.2, -0.15) is 0 Å². The summed E-state index contributed by atoms with van der Waals surface area (Å²) < 4.78 is 7.62. The molecule has 1 saturated heterocycles. The summed E-state index contributed by atoms with van der Waals surface area (Å²) in [6.45, 7) is 15.9. The van der Waals surface area contributed by atoms with Gasteiger partial charge in [-0.05, 0) is 96.7 Å². The number of nitrogens with one attached hydrogen (secondary N) is 2. The largest absolute Gasteiger partial charge is 0.481 e. The number of carbonyl (C=O) groups is 5. The smallest absolute Gasteiger partial charge is 0.309 e. The van der Waals surface area contributed by atoms with Gasteiger partial charge in [-0.3, -0.25) is 33.6 Å². The number of carboxylic acid groups (broad SMARTS) is 1. The summed E-state index contributed by atoms with van der Waals surface area (Å²) in [5, 5.41) is 26.4. The number of carbonyl (C=O) groups excluding carboxylic acids is 4. The molecular weight excluding hydrogens is 809 g/mol. The summed E-state index contributed by atoms with van der Waals surface area (Å²) in [5.74, 6) is -2.55. The molecule has 0 spiro atoms. The molecule has 15 nitrogen and oxygen atoms in total. The Hall–Kier alpha value is -4.70. The molecule has 3 amide bonds. The Morgan fingerprint density at radius 2 is 1.76 bits per heavy atom. The van der Waals surface area contributed by atoms with Gasteiger partial charge in [0, 0.05) is 50.6 Å². The van der Waals surface area contributed by atoms with Gasteiger partial charge in [-0.25, -0.2) is 4.98 Å². The van der Waals surface area contributed by atoms with E-state index in [2.05, 4.69) is 25.8 Å². The fourth-order valence-corrected chi connectivity index (χ4v) is 8.96. The van der Waals surface area contributed by atoms with E-state index in [0.717, 1.165) is 49.0 Å². The van der Waals surface area contributed by atoms with Gasteiger partial charge in [0.1, 0.15) is 16.7 Å². The number of thiazole rings is 1. The number of aryl methyl sites for hydroxylation is 3. The van der Waals surface area contributed by atoms with Crippen LogP contribution in [0.1, 0.15) is 138 Å².